The van der Waals surface area contributed by atoms with Crippen LogP contribution in [0.3, 0.4) is 0 Å². The fourth-order valence-electron chi connectivity index (χ4n) is 3.26. The van der Waals surface area contributed by atoms with Gasteiger partial charge in [0.2, 0.25) is 0 Å². The molecule has 0 aliphatic heterocycles. The zero-order chi connectivity index (χ0) is 21.9. The SMILES string of the molecule is CCCCCCCCCCCCCOC(=O)CCCC(=O)OCc1cccc(F)c1. The summed E-state index contributed by atoms with van der Waals surface area (Å²) in [5, 5.41) is 0. The van der Waals surface area contributed by atoms with Gasteiger partial charge in [-0.25, -0.2) is 4.39 Å². The molecule has 0 N–H and O–H groups in total. The minimum atomic E-state index is -0.391. The maximum Gasteiger partial charge on any atom is 0.306 e. The third-order valence-corrected chi connectivity index (χ3v) is 5.06. The number of carbonyl (C=O) groups is 2. The first-order valence-electron chi connectivity index (χ1n) is 11.7. The molecule has 170 valence electrons. The van der Waals surface area contributed by atoms with Gasteiger partial charge in [0.1, 0.15) is 12.4 Å². The molecule has 5 heteroatoms. The number of benzene rings is 1. The average Bonchev–Trinajstić information content (AvgIpc) is 2.73. The molecule has 0 amide bonds. The molecule has 0 fully saturated rings. The van der Waals surface area contributed by atoms with Gasteiger partial charge >= 0.3 is 11.9 Å². The van der Waals surface area contributed by atoms with Gasteiger partial charge in [-0.05, 0) is 30.5 Å². The zero-order valence-corrected chi connectivity index (χ0v) is 18.6. The molecule has 0 saturated carbocycles. The lowest BCUT2D eigenvalue weighted by Crippen LogP contribution is -2.09. The van der Waals surface area contributed by atoms with Gasteiger partial charge in [-0.1, -0.05) is 83.3 Å². The van der Waals surface area contributed by atoms with E-state index in [-0.39, 0.29) is 31.2 Å². The summed E-state index contributed by atoms with van der Waals surface area (Å²) in [5.74, 6) is -1.01. The molecule has 0 aliphatic carbocycles. The van der Waals surface area contributed by atoms with Gasteiger partial charge in [-0.2, -0.15) is 0 Å². The second-order valence-corrected chi connectivity index (χ2v) is 7.90. The third-order valence-electron chi connectivity index (χ3n) is 5.06. The van der Waals surface area contributed by atoms with E-state index in [0.717, 1.165) is 12.8 Å². The molecule has 0 saturated heterocycles. The van der Waals surface area contributed by atoms with Gasteiger partial charge in [0.15, 0.2) is 0 Å². The van der Waals surface area contributed by atoms with E-state index in [1.54, 1.807) is 12.1 Å². The van der Waals surface area contributed by atoms with E-state index in [1.165, 1.54) is 69.9 Å². The first-order valence-corrected chi connectivity index (χ1v) is 11.7. The van der Waals surface area contributed by atoms with Gasteiger partial charge in [0, 0.05) is 12.8 Å². The Labute approximate surface area is 181 Å². The second kappa shape index (κ2) is 17.9. The average molecular weight is 423 g/mol. The number of halogens is 1. The summed E-state index contributed by atoms with van der Waals surface area (Å²) in [5.41, 5.74) is 0.606. The molecule has 0 aliphatic rings. The highest BCUT2D eigenvalue weighted by molar-refractivity contribution is 5.72. The summed E-state index contributed by atoms with van der Waals surface area (Å²) >= 11 is 0. The van der Waals surface area contributed by atoms with E-state index in [2.05, 4.69) is 6.92 Å². The summed E-state index contributed by atoms with van der Waals surface area (Å²) in [7, 11) is 0. The number of carbonyl (C=O) groups excluding carboxylic acids is 2. The second-order valence-electron chi connectivity index (χ2n) is 7.90. The highest BCUT2D eigenvalue weighted by Crippen LogP contribution is 2.11. The molecule has 4 nitrogen and oxygen atoms in total. The fourth-order valence-corrected chi connectivity index (χ4v) is 3.26. The lowest BCUT2D eigenvalue weighted by Gasteiger charge is -2.06. The summed E-state index contributed by atoms with van der Waals surface area (Å²) in [4.78, 5) is 23.4. The maximum atomic E-state index is 13.1. The van der Waals surface area contributed by atoms with E-state index in [0.29, 0.717) is 18.6 Å². The van der Waals surface area contributed by atoms with Crippen LogP contribution < -0.4 is 0 Å². The molecule has 0 aromatic heterocycles. The minimum absolute atomic E-state index is 0.0416. The largest absolute Gasteiger partial charge is 0.466 e. The molecule has 0 radical (unpaired) electrons. The summed E-state index contributed by atoms with van der Waals surface area (Å²) in [6.45, 7) is 2.74. The van der Waals surface area contributed by atoms with Crippen LogP contribution in [0.4, 0.5) is 4.39 Å². The van der Waals surface area contributed by atoms with Gasteiger partial charge in [0.05, 0.1) is 6.61 Å². The Morgan fingerprint density at radius 3 is 1.93 bits per heavy atom. The summed E-state index contributed by atoms with van der Waals surface area (Å²) in [6.07, 6.45) is 14.6. The molecule has 1 aromatic rings. The van der Waals surface area contributed by atoms with Crippen LogP contribution in [0.1, 0.15) is 102 Å². The fraction of sp³-hybridized carbons (Fsp3) is 0.680. The van der Waals surface area contributed by atoms with Crippen LogP contribution in [-0.2, 0) is 25.7 Å². The van der Waals surface area contributed by atoms with Crippen molar-refractivity contribution in [1.82, 2.24) is 0 Å². The number of hydrogen-bond donors (Lipinski definition) is 0. The quantitative estimate of drug-likeness (QED) is 0.191. The van der Waals surface area contributed by atoms with Gasteiger partial charge in [0.25, 0.3) is 0 Å². The predicted octanol–water partition coefficient (Wildman–Crippen LogP) is 6.89. The first kappa shape index (κ1) is 26.1. The zero-order valence-electron chi connectivity index (χ0n) is 18.6. The Balaban J connectivity index is 1.88. The van der Waals surface area contributed by atoms with Crippen LogP contribution in [0.5, 0.6) is 0 Å². The molecular formula is C25H39FO4. The molecule has 0 unspecified atom stereocenters. The van der Waals surface area contributed by atoms with Crippen LogP contribution in [0, 0.1) is 5.82 Å². The topological polar surface area (TPSA) is 52.6 Å². The highest BCUT2D eigenvalue weighted by atomic mass is 19.1. The van der Waals surface area contributed by atoms with Crippen molar-refractivity contribution in [3.05, 3.63) is 35.6 Å². The number of esters is 2. The van der Waals surface area contributed by atoms with Crippen molar-refractivity contribution in [2.24, 2.45) is 0 Å². The molecule has 0 spiro atoms. The Morgan fingerprint density at radius 2 is 1.33 bits per heavy atom. The third kappa shape index (κ3) is 15.0. The number of hydrogen-bond acceptors (Lipinski definition) is 4. The monoisotopic (exact) mass is 422 g/mol. The number of rotatable bonds is 18. The van der Waals surface area contributed by atoms with E-state index in [1.807, 2.05) is 0 Å². The van der Waals surface area contributed by atoms with Crippen molar-refractivity contribution in [1.29, 1.82) is 0 Å². The van der Waals surface area contributed by atoms with E-state index in [4.69, 9.17) is 9.47 Å². The molecule has 0 atom stereocenters. The van der Waals surface area contributed by atoms with Crippen molar-refractivity contribution in [3.8, 4) is 0 Å². The lowest BCUT2D eigenvalue weighted by molar-refractivity contribution is -0.146. The molecule has 1 rings (SSSR count). The van der Waals surface area contributed by atoms with Gasteiger partial charge in [-0.3, -0.25) is 9.59 Å². The van der Waals surface area contributed by atoms with Crippen molar-refractivity contribution < 1.29 is 23.5 Å². The van der Waals surface area contributed by atoms with E-state index < -0.39 is 5.97 Å². The van der Waals surface area contributed by atoms with Crippen LogP contribution in [0.25, 0.3) is 0 Å². The molecule has 0 bridgehead atoms. The molecule has 30 heavy (non-hydrogen) atoms. The van der Waals surface area contributed by atoms with Gasteiger partial charge in [-0.15, -0.1) is 0 Å². The lowest BCUT2D eigenvalue weighted by atomic mass is 10.1. The first-order chi connectivity index (χ1) is 14.6. The van der Waals surface area contributed by atoms with Crippen molar-refractivity contribution in [2.45, 2.75) is 103 Å². The van der Waals surface area contributed by atoms with E-state index in [9.17, 15) is 14.0 Å². The Hall–Kier alpha value is -1.91. The van der Waals surface area contributed by atoms with E-state index >= 15 is 0 Å². The normalized spacial score (nSPS) is 10.7. The Morgan fingerprint density at radius 1 is 0.767 bits per heavy atom. The standard InChI is InChI=1S/C25H39FO4/c1-2-3-4-5-6-7-8-9-10-11-12-19-29-24(27)17-14-18-25(28)30-21-22-15-13-16-23(26)20-22/h13,15-16,20H,2-12,14,17-19,21H2,1H3. The number of ether oxygens (including phenoxy) is 2. The van der Waals surface area contributed by atoms with Crippen molar-refractivity contribution >= 4 is 11.9 Å². The predicted molar refractivity (Wildman–Crippen MR) is 117 cm³/mol. The minimum Gasteiger partial charge on any atom is -0.466 e. The van der Waals surface area contributed by atoms with Crippen molar-refractivity contribution in [3.63, 3.8) is 0 Å². The number of unbranched alkanes of at least 4 members (excludes halogenated alkanes) is 10. The molecular weight excluding hydrogens is 383 g/mol. The smallest absolute Gasteiger partial charge is 0.306 e. The summed E-state index contributed by atoms with van der Waals surface area (Å²) in [6, 6.07) is 5.94. The van der Waals surface area contributed by atoms with Crippen LogP contribution in [-0.4, -0.2) is 18.5 Å². The molecule has 0 heterocycles. The Bertz CT molecular complexity index is 588. The molecule has 1 aromatic carbocycles. The Kier molecular flexibility index (Phi) is 15.6. The summed E-state index contributed by atoms with van der Waals surface area (Å²) < 4.78 is 23.4. The highest BCUT2D eigenvalue weighted by Gasteiger charge is 2.08. The van der Waals surface area contributed by atoms with Gasteiger partial charge < -0.3 is 9.47 Å². The van der Waals surface area contributed by atoms with Crippen LogP contribution >= 0.6 is 0 Å². The van der Waals surface area contributed by atoms with Crippen LogP contribution in [0.2, 0.25) is 0 Å². The van der Waals surface area contributed by atoms with Crippen molar-refractivity contribution in [2.75, 3.05) is 6.61 Å². The van der Waals surface area contributed by atoms with Crippen LogP contribution in [0.15, 0.2) is 24.3 Å². The maximum absolute atomic E-state index is 13.1.